The summed E-state index contributed by atoms with van der Waals surface area (Å²) in [5.74, 6) is 1.86. The second-order valence-corrected chi connectivity index (χ2v) is 5.58. The molecule has 2 rings (SSSR count). The Hall–Kier alpha value is -0.0400. The summed E-state index contributed by atoms with van der Waals surface area (Å²) in [6.45, 7) is 2.33. The molecular weight excluding hydrogens is 158 g/mol. The Bertz CT molecular complexity index is 164. The van der Waals surface area contributed by atoms with E-state index in [0.717, 1.165) is 11.8 Å². The van der Waals surface area contributed by atoms with E-state index in [1.807, 2.05) is 0 Å². The first-order chi connectivity index (χ1) is 6.18. The maximum absolute atomic E-state index is 6.32. The van der Waals surface area contributed by atoms with Gasteiger partial charge in [-0.1, -0.05) is 39.0 Å². The maximum Gasteiger partial charge on any atom is 0.0162 e. The minimum Gasteiger partial charge on any atom is -0.325 e. The highest BCUT2D eigenvalue weighted by Gasteiger charge is 2.39. The molecule has 0 unspecified atom stereocenters. The van der Waals surface area contributed by atoms with E-state index in [4.69, 9.17) is 5.73 Å². The molecule has 0 atom stereocenters. The first-order valence-electron chi connectivity index (χ1n) is 5.97. The van der Waals surface area contributed by atoms with E-state index < -0.39 is 0 Å². The molecule has 0 aromatic heterocycles. The van der Waals surface area contributed by atoms with Gasteiger partial charge in [-0.3, -0.25) is 0 Å². The van der Waals surface area contributed by atoms with Crippen molar-refractivity contribution in [2.24, 2.45) is 17.6 Å². The molecule has 0 heterocycles. The molecule has 0 amide bonds. The van der Waals surface area contributed by atoms with Crippen LogP contribution in [-0.2, 0) is 0 Å². The van der Waals surface area contributed by atoms with Crippen molar-refractivity contribution in [1.82, 2.24) is 0 Å². The summed E-state index contributed by atoms with van der Waals surface area (Å²) in [5.41, 5.74) is 6.58. The lowest BCUT2D eigenvalue weighted by molar-refractivity contribution is 0.117. The van der Waals surface area contributed by atoms with Gasteiger partial charge < -0.3 is 5.73 Å². The van der Waals surface area contributed by atoms with Crippen LogP contribution in [0.2, 0.25) is 0 Å². The Morgan fingerprint density at radius 2 is 1.77 bits per heavy atom. The molecule has 0 spiro atoms. The molecule has 76 valence electrons. The topological polar surface area (TPSA) is 26.0 Å². The summed E-state index contributed by atoms with van der Waals surface area (Å²) in [4.78, 5) is 0. The van der Waals surface area contributed by atoms with E-state index in [1.54, 1.807) is 0 Å². The van der Waals surface area contributed by atoms with Crippen LogP contribution in [0.15, 0.2) is 0 Å². The van der Waals surface area contributed by atoms with E-state index in [9.17, 15) is 0 Å². The van der Waals surface area contributed by atoms with Gasteiger partial charge in [-0.25, -0.2) is 0 Å². The van der Waals surface area contributed by atoms with E-state index in [1.165, 1.54) is 51.4 Å². The first kappa shape index (κ1) is 9.51. The molecule has 0 aliphatic heterocycles. The number of rotatable bonds is 2. The van der Waals surface area contributed by atoms with Crippen LogP contribution in [0.1, 0.15) is 58.3 Å². The Morgan fingerprint density at radius 3 is 2.31 bits per heavy atom. The molecule has 13 heavy (non-hydrogen) atoms. The van der Waals surface area contributed by atoms with Crippen molar-refractivity contribution < 1.29 is 0 Å². The third kappa shape index (κ3) is 2.25. The van der Waals surface area contributed by atoms with Gasteiger partial charge in [0, 0.05) is 5.54 Å². The predicted octanol–water partition coefficient (Wildman–Crippen LogP) is 3.08. The van der Waals surface area contributed by atoms with Crippen molar-refractivity contribution in [2.45, 2.75) is 63.8 Å². The zero-order chi connectivity index (χ0) is 9.31. The Labute approximate surface area is 82.1 Å². The van der Waals surface area contributed by atoms with Crippen LogP contribution in [0.25, 0.3) is 0 Å². The normalized spacial score (nSPS) is 41.5. The number of nitrogens with two attached hydrogens (primary N) is 1. The van der Waals surface area contributed by atoms with Gasteiger partial charge in [0.2, 0.25) is 0 Å². The van der Waals surface area contributed by atoms with Crippen molar-refractivity contribution in [3.8, 4) is 0 Å². The minimum absolute atomic E-state index is 0.251. The second-order valence-electron chi connectivity index (χ2n) is 5.58. The average molecular weight is 181 g/mol. The molecule has 0 radical (unpaired) electrons. The summed E-state index contributed by atoms with van der Waals surface area (Å²) < 4.78 is 0. The van der Waals surface area contributed by atoms with Crippen molar-refractivity contribution in [2.75, 3.05) is 0 Å². The smallest absolute Gasteiger partial charge is 0.0162 e. The standard InChI is InChI=1S/C12H23N/c1-10-7-12(13,8-10)9-11-5-3-2-4-6-11/h10-11H,2-9,13H2,1H3. The molecule has 2 aliphatic carbocycles. The lowest BCUT2D eigenvalue weighted by atomic mass is 9.64. The van der Waals surface area contributed by atoms with Crippen molar-refractivity contribution >= 4 is 0 Å². The zero-order valence-electron chi connectivity index (χ0n) is 8.89. The predicted molar refractivity (Wildman–Crippen MR) is 56.5 cm³/mol. The van der Waals surface area contributed by atoms with E-state index in [2.05, 4.69) is 6.92 Å². The van der Waals surface area contributed by atoms with E-state index >= 15 is 0 Å². The largest absolute Gasteiger partial charge is 0.325 e. The zero-order valence-corrected chi connectivity index (χ0v) is 8.89. The lowest BCUT2D eigenvalue weighted by Gasteiger charge is -2.46. The van der Waals surface area contributed by atoms with Gasteiger partial charge in [0.1, 0.15) is 0 Å². The minimum atomic E-state index is 0.251. The third-order valence-corrected chi connectivity index (χ3v) is 3.93. The van der Waals surface area contributed by atoms with Crippen molar-refractivity contribution in [3.63, 3.8) is 0 Å². The average Bonchev–Trinajstić information content (AvgIpc) is 2.03. The second kappa shape index (κ2) is 3.61. The highest BCUT2D eigenvalue weighted by atomic mass is 14.8. The van der Waals surface area contributed by atoms with Crippen LogP contribution in [-0.4, -0.2) is 5.54 Å². The third-order valence-electron chi connectivity index (χ3n) is 3.93. The van der Waals surface area contributed by atoms with Crippen LogP contribution >= 0.6 is 0 Å². The van der Waals surface area contributed by atoms with Gasteiger partial charge in [0.05, 0.1) is 0 Å². The van der Waals surface area contributed by atoms with Crippen LogP contribution < -0.4 is 5.73 Å². The monoisotopic (exact) mass is 181 g/mol. The van der Waals surface area contributed by atoms with Crippen molar-refractivity contribution in [3.05, 3.63) is 0 Å². The number of hydrogen-bond acceptors (Lipinski definition) is 1. The van der Waals surface area contributed by atoms with E-state index in [0.29, 0.717) is 0 Å². The fraction of sp³-hybridized carbons (Fsp3) is 1.00. The fourth-order valence-corrected chi connectivity index (χ4v) is 3.46. The summed E-state index contributed by atoms with van der Waals surface area (Å²) in [7, 11) is 0. The summed E-state index contributed by atoms with van der Waals surface area (Å²) in [6.07, 6.45) is 11.2. The van der Waals surface area contributed by atoms with Crippen LogP contribution in [0.4, 0.5) is 0 Å². The highest BCUT2D eigenvalue weighted by molar-refractivity contribution is 4.98. The molecule has 0 saturated heterocycles. The van der Waals surface area contributed by atoms with Gasteiger partial charge in [-0.05, 0) is 31.1 Å². The number of hydrogen-bond donors (Lipinski definition) is 1. The van der Waals surface area contributed by atoms with Crippen LogP contribution in [0.5, 0.6) is 0 Å². The Morgan fingerprint density at radius 1 is 1.15 bits per heavy atom. The molecule has 0 aromatic rings. The first-order valence-corrected chi connectivity index (χ1v) is 5.97. The summed E-state index contributed by atoms with van der Waals surface area (Å²) in [6, 6.07) is 0. The molecule has 2 fully saturated rings. The highest BCUT2D eigenvalue weighted by Crippen LogP contribution is 2.42. The molecule has 2 N–H and O–H groups in total. The molecule has 2 aliphatic rings. The molecule has 1 nitrogen and oxygen atoms in total. The summed E-state index contributed by atoms with van der Waals surface area (Å²) in [5, 5.41) is 0. The van der Waals surface area contributed by atoms with Gasteiger partial charge in [0.15, 0.2) is 0 Å². The summed E-state index contributed by atoms with van der Waals surface area (Å²) >= 11 is 0. The van der Waals surface area contributed by atoms with Gasteiger partial charge in [-0.15, -0.1) is 0 Å². The lowest BCUT2D eigenvalue weighted by Crippen LogP contribution is -2.52. The SMILES string of the molecule is CC1CC(N)(CC2CCCCC2)C1. The molecule has 1 heteroatoms. The molecular formula is C12H23N. The maximum atomic E-state index is 6.32. The van der Waals surface area contributed by atoms with Gasteiger partial charge >= 0.3 is 0 Å². The fourth-order valence-electron chi connectivity index (χ4n) is 3.46. The molecule has 2 saturated carbocycles. The van der Waals surface area contributed by atoms with Gasteiger partial charge in [-0.2, -0.15) is 0 Å². The Kier molecular flexibility index (Phi) is 2.64. The van der Waals surface area contributed by atoms with Gasteiger partial charge in [0.25, 0.3) is 0 Å². The molecule has 0 aromatic carbocycles. The Balaban J connectivity index is 1.76. The van der Waals surface area contributed by atoms with Crippen LogP contribution in [0, 0.1) is 11.8 Å². The van der Waals surface area contributed by atoms with Crippen LogP contribution in [0.3, 0.4) is 0 Å². The van der Waals surface area contributed by atoms with E-state index in [-0.39, 0.29) is 5.54 Å². The molecule has 0 bridgehead atoms. The van der Waals surface area contributed by atoms with Crippen molar-refractivity contribution in [1.29, 1.82) is 0 Å². The quantitative estimate of drug-likeness (QED) is 0.696.